The second-order valence-corrected chi connectivity index (χ2v) is 4.57. The molecule has 0 aliphatic heterocycles. The molecule has 0 bridgehead atoms. The number of nitrogens with zero attached hydrogens (tertiary/aromatic N) is 1. The molecule has 1 atom stereocenters. The Morgan fingerprint density at radius 2 is 2.00 bits per heavy atom. The molecule has 13 heavy (non-hydrogen) atoms. The van der Waals surface area contributed by atoms with Crippen molar-refractivity contribution in [1.82, 2.24) is 5.06 Å². The summed E-state index contributed by atoms with van der Waals surface area (Å²) in [6, 6.07) is 0. The average Bonchev–Trinajstić information content (AvgIpc) is 1.81. The van der Waals surface area contributed by atoms with E-state index in [9.17, 15) is 24.4 Å². The fourth-order valence-corrected chi connectivity index (χ4v) is 1.73. The minimum Gasteiger partial charge on any atom is -0.811 e. The summed E-state index contributed by atoms with van der Waals surface area (Å²) in [4.78, 5) is 31.0. The van der Waals surface area contributed by atoms with Gasteiger partial charge in [0.25, 0.3) is 0 Å². The molecule has 0 aliphatic carbocycles. The number of amides is 1. The minimum atomic E-state index is -4.59. The lowest BCUT2D eigenvalue weighted by Crippen LogP contribution is -2.31. The van der Waals surface area contributed by atoms with Crippen molar-refractivity contribution in [3.8, 4) is 0 Å². The molecule has 0 aliphatic rings. The SMILES string of the molecule is CC(=O)N([O-])CC(C)CP(=O)([O-])[O-]. The third-order valence-electron chi connectivity index (χ3n) is 1.36. The maximum atomic E-state index is 10.7. The van der Waals surface area contributed by atoms with Gasteiger partial charge in [0.2, 0.25) is 5.91 Å². The molecular formula is C6H11NO5P-3. The van der Waals surface area contributed by atoms with E-state index in [0.717, 1.165) is 6.92 Å². The van der Waals surface area contributed by atoms with Crippen LogP contribution in [0.5, 0.6) is 0 Å². The lowest BCUT2D eigenvalue weighted by Gasteiger charge is -2.36. The minimum absolute atomic E-state index is 0.139. The van der Waals surface area contributed by atoms with Gasteiger partial charge in [-0.1, -0.05) is 14.5 Å². The third-order valence-corrected chi connectivity index (χ3v) is 2.43. The molecule has 0 aromatic carbocycles. The van der Waals surface area contributed by atoms with Gasteiger partial charge in [-0.15, -0.1) is 0 Å². The molecule has 0 heterocycles. The number of hydroxylamine groups is 2. The van der Waals surface area contributed by atoms with Gasteiger partial charge >= 0.3 is 0 Å². The quantitative estimate of drug-likeness (QED) is 0.429. The number of carbonyl (C=O) groups is 1. The van der Waals surface area contributed by atoms with E-state index in [1.54, 1.807) is 0 Å². The lowest BCUT2D eigenvalue weighted by atomic mass is 10.2. The van der Waals surface area contributed by atoms with Gasteiger partial charge < -0.3 is 24.6 Å². The van der Waals surface area contributed by atoms with Crippen molar-refractivity contribution in [2.45, 2.75) is 13.8 Å². The number of rotatable bonds is 4. The Morgan fingerprint density at radius 1 is 1.54 bits per heavy atom. The van der Waals surface area contributed by atoms with Crippen molar-refractivity contribution < 1.29 is 19.1 Å². The summed E-state index contributed by atoms with van der Waals surface area (Å²) in [5.74, 6) is -1.32. The fraction of sp³-hybridized carbons (Fsp3) is 0.833. The van der Waals surface area contributed by atoms with E-state index in [4.69, 9.17) is 0 Å². The molecule has 0 radical (unpaired) electrons. The van der Waals surface area contributed by atoms with Gasteiger partial charge in [0.1, 0.15) is 0 Å². The van der Waals surface area contributed by atoms with Crippen molar-refractivity contribution in [3.05, 3.63) is 5.21 Å². The van der Waals surface area contributed by atoms with E-state index in [2.05, 4.69) is 0 Å². The van der Waals surface area contributed by atoms with Gasteiger partial charge in [-0.25, -0.2) is 0 Å². The van der Waals surface area contributed by atoms with Crippen molar-refractivity contribution in [1.29, 1.82) is 0 Å². The van der Waals surface area contributed by atoms with E-state index in [1.165, 1.54) is 6.92 Å². The second kappa shape index (κ2) is 4.72. The van der Waals surface area contributed by atoms with Gasteiger partial charge in [-0.2, -0.15) is 0 Å². The van der Waals surface area contributed by atoms with Crippen LogP contribution in [0, 0.1) is 11.1 Å². The largest absolute Gasteiger partial charge is 0.811 e. The molecule has 6 nitrogen and oxygen atoms in total. The first kappa shape index (κ1) is 12.6. The maximum Gasteiger partial charge on any atom is 0.208 e. The van der Waals surface area contributed by atoms with Gasteiger partial charge in [0.05, 0.1) is 0 Å². The van der Waals surface area contributed by atoms with E-state index >= 15 is 0 Å². The van der Waals surface area contributed by atoms with Crippen LogP contribution in [0.1, 0.15) is 13.8 Å². The predicted octanol–water partition coefficient (Wildman–Crippen LogP) is -1.12. The average molecular weight is 208 g/mol. The zero-order valence-corrected chi connectivity index (χ0v) is 8.32. The monoisotopic (exact) mass is 208 g/mol. The summed E-state index contributed by atoms with van der Waals surface area (Å²) < 4.78 is 10.3. The Balaban J connectivity index is 3.95. The normalized spacial score (nSPS) is 13.9. The van der Waals surface area contributed by atoms with Crippen LogP contribution in [0.15, 0.2) is 0 Å². The van der Waals surface area contributed by atoms with E-state index in [0.29, 0.717) is 0 Å². The highest BCUT2D eigenvalue weighted by molar-refractivity contribution is 7.48. The Labute approximate surface area is 76.3 Å². The summed E-state index contributed by atoms with van der Waals surface area (Å²) in [6.07, 6.45) is -0.598. The van der Waals surface area contributed by atoms with Crippen molar-refractivity contribution in [2.24, 2.45) is 5.92 Å². The van der Waals surface area contributed by atoms with Crippen LogP contribution in [0.25, 0.3) is 0 Å². The van der Waals surface area contributed by atoms with Crippen molar-refractivity contribution in [2.75, 3.05) is 12.7 Å². The fourth-order valence-electron chi connectivity index (χ4n) is 0.851. The zero-order valence-electron chi connectivity index (χ0n) is 7.43. The van der Waals surface area contributed by atoms with Crippen LogP contribution < -0.4 is 9.79 Å². The maximum absolute atomic E-state index is 10.7. The molecule has 0 aromatic rings. The van der Waals surface area contributed by atoms with Crippen molar-refractivity contribution in [3.63, 3.8) is 0 Å². The summed E-state index contributed by atoms with van der Waals surface area (Å²) in [6.45, 7) is 2.24. The first-order chi connectivity index (χ1) is 5.72. The summed E-state index contributed by atoms with van der Waals surface area (Å²) in [5.41, 5.74) is 0. The highest BCUT2D eigenvalue weighted by Crippen LogP contribution is 2.26. The van der Waals surface area contributed by atoms with Crippen LogP contribution in [0.2, 0.25) is 0 Å². The Bertz CT molecular complexity index is 225. The summed E-state index contributed by atoms with van der Waals surface area (Å²) in [5, 5.41) is 10.9. The highest BCUT2D eigenvalue weighted by Gasteiger charge is 2.06. The molecule has 0 N–H and O–H groups in total. The number of carbonyl (C=O) groups excluding carboxylic acids is 1. The third kappa shape index (κ3) is 6.72. The summed E-state index contributed by atoms with van der Waals surface area (Å²) >= 11 is 0. The smallest absolute Gasteiger partial charge is 0.208 e. The molecule has 78 valence electrons. The molecule has 0 rings (SSSR count). The molecule has 1 amide bonds. The van der Waals surface area contributed by atoms with E-state index in [-0.39, 0.29) is 11.6 Å². The second-order valence-electron chi connectivity index (χ2n) is 2.98. The topological polar surface area (TPSA) is 107 Å². The van der Waals surface area contributed by atoms with Crippen LogP contribution in [-0.2, 0) is 9.36 Å². The molecule has 0 fully saturated rings. The lowest BCUT2D eigenvalue weighted by molar-refractivity contribution is -0.314. The Morgan fingerprint density at radius 3 is 2.31 bits per heavy atom. The Kier molecular flexibility index (Phi) is 4.56. The molecule has 1 unspecified atom stereocenters. The molecule has 0 saturated heterocycles. The summed E-state index contributed by atoms with van der Waals surface area (Å²) in [7, 11) is -4.59. The predicted molar refractivity (Wildman–Crippen MR) is 42.4 cm³/mol. The molecular weight excluding hydrogens is 197 g/mol. The van der Waals surface area contributed by atoms with Gasteiger partial charge in [0, 0.05) is 13.5 Å². The van der Waals surface area contributed by atoms with E-state index in [1.807, 2.05) is 0 Å². The van der Waals surface area contributed by atoms with Crippen LogP contribution >= 0.6 is 7.60 Å². The van der Waals surface area contributed by atoms with Gasteiger partial charge in [0.15, 0.2) is 0 Å². The van der Waals surface area contributed by atoms with Crippen molar-refractivity contribution >= 4 is 13.5 Å². The molecule has 0 aromatic heterocycles. The number of hydrogen-bond donors (Lipinski definition) is 0. The first-order valence-electron chi connectivity index (χ1n) is 3.68. The molecule has 0 spiro atoms. The molecule has 7 heteroatoms. The van der Waals surface area contributed by atoms with Crippen LogP contribution in [0.4, 0.5) is 0 Å². The van der Waals surface area contributed by atoms with E-state index < -0.39 is 25.6 Å². The van der Waals surface area contributed by atoms with Gasteiger partial charge in [-0.05, 0) is 12.1 Å². The van der Waals surface area contributed by atoms with Crippen LogP contribution in [-0.4, -0.2) is 23.7 Å². The number of hydrogen-bond acceptors (Lipinski definition) is 5. The first-order valence-corrected chi connectivity index (χ1v) is 5.41. The molecule has 0 saturated carbocycles. The van der Waals surface area contributed by atoms with Crippen LogP contribution in [0.3, 0.4) is 0 Å². The van der Waals surface area contributed by atoms with Gasteiger partial charge in [-0.3, -0.25) is 4.79 Å². The standard InChI is InChI=1S/C6H13NO5P/c1-5(4-13(10,11)12)3-7(9)6(2)8/h5H,3-4H2,1-2H3,(H2,10,11,12)/q-1/p-2. The zero-order chi connectivity index (χ0) is 10.6. The Hall–Kier alpha value is -0.420. The highest BCUT2D eigenvalue weighted by atomic mass is 31.2.